The number of pyridine rings is 1. The summed E-state index contributed by atoms with van der Waals surface area (Å²) in [6.45, 7) is 10.0. The van der Waals surface area contributed by atoms with Gasteiger partial charge in [0.1, 0.15) is 0 Å². The number of hydrogen-bond acceptors (Lipinski definition) is 4. The molecule has 21 heavy (non-hydrogen) atoms. The smallest absolute Gasteiger partial charge is 0.260 e. The van der Waals surface area contributed by atoms with Crippen LogP contribution in [0.1, 0.15) is 32.9 Å². The van der Waals surface area contributed by atoms with E-state index >= 15 is 0 Å². The highest BCUT2D eigenvalue weighted by molar-refractivity contribution is 7.14. The Hall–Kier alpha value is -1.62. The number of thiazole rings is 1. The molecule has 0 atom stereocenters. The van der Waals surface area contributed by atoms with E-state index in [2.05, 4.69) is 31.1 Å². The van der Waals surface area contributed by atoms with E-state index in [1.165, 1.54) is 0 Å². The average Bonchev–Trinajstić information content (AvgIpc) is 2.90. The Morgan fingerprint density at radius 2 is 2.14 bits per heavy atom. The van der Waals surface area contributed by atoms with Crippen LogP contribution in [-0.2, 0) is 6.54 Å². The molecule has 0 aliphatic heterocycles. The summed E-state index contributed by atoms with van der Waals surface area (Å²) < 4.78 is 1.83. The SMILES string of the molecule is CCCn1c(C)ccc(-c2csc(NCC(C)C)n2)c1=O. The Bertz CT molecular complexity index is 658. The van der Waals surface area contributed by atoms with Gasteiger partial charge in [0.15, 0.2) is 5.13 Å². The molecule has 5 heteroatoms. The standard InChI is InChI=1S/C16H23N3OS/c1-5-8-19-12(4)6-7-13(15(19)20)14-10-21-16(18-14)17-9-11(2)3/h6-7,10-11H,5,8-9H2,1-4H3,(H,17,18). The normalized spacial score (nSPS) is 11.1. The molecular formula is C16H23N3OS. The van der Waals surface area contributed by atoms with Crippen LogP contribution < -0.4 is 10.9 Å². The second-order valence-electron chi connectivity index (χ2n) is 5.66. The van der Waals surface area contributed by atoms with Gasteiger partial charge in [0.2, 0.25) is 0 Å². The van der Waals surface area contributed by atoms with Gasteiger partial charge in [-0.2, -0.15) is 0 Å². The fraction of sp³-hybridized carbons (Fsp3) is 0.500. The Kier molecular flexibility index (Phi) is 5.17. The molecule has 0 amide bonds. The molecule has 2 aromatic heterocycles. The van der Waals surface area contributed by atoms with Gasteiger partial charge >= 0.3 is 0 Å². The van der Waals surface area contributed by atoms with Crippen molar-refractivity contribution in [1.29, 1.82) is 0 Å². The van der Waals surface area contributed by atoms with Crippen LogP contribution in [0.25, 0.3) is 11.3 Å². The fourth-order valence-corrected chi connectivity index (χ4v) is 2.86. The van der Waals surface area contributed by atoms with E-state index in [1.54, 1.807) is 11.3 Å². The van der Waals surface area contributed by atoms with Crippen LogP contribution >= 0.6 is 11.3 Å². The molecule has 2 rings (SSSR count). The lowest BCUT2D eigenvalue weighted by atomic mass is 10.2. The van der Waals surface area contributed by atoms with Crippen LogP contribution in [0.3, 0.4) is 0 Å². The number of aryl methyl sites for hydroxylation is 1. The Morgan fingerprint density at radius 3 is 2.81 bits per heavy atom. The lowest BCUT2D eigenvalue weighted by Crippen LogP contribution is -2.23. The first-order chi connectivity index (χ1) is 10.0. The zero-order chi connectivity index (χ0) is 15.4. The van der Waals surface area contributed by atoms with Gasteiger partial charge in [0, 0.05) is 24.2 Å². The van der Waals surface area contributed by atoms with Gasteiger partial charge < -0.3 is 9.88 Å². The van der Waals surface area contributed by atoms with E-state index in [4.69, 9.17) is 0 Å². The van der Waals surface area contributed by atoms with E-state index in [1.807, 2.05) is 29.0 Å². The zero-order valence-corrected chi connectivity index (χ0v) is 14.0. The van der Waals surface area contributed by atoms with E-state index in [-0.39, 0.29) is 5.56 Å². The predicted octanol–water partition coefficient (Wildman–Crippen LogP) is 3.76. The molecule has 4 nitrogen and oxygen atoms in total. The third-order valence-corrected chi connectivity index (χ3v) is 4.08. The number of nitrogens with one attached hydrogen (secondary N) is 1. The minimum absolute atomic E-state index is 0.0533. The third kappa shape index (κ3) is 3.73. The molecule has 114 valence electrons. The predicted molar refractivity (Wildman–Crippen MR) is 90.2 cm³/mol. The van der Waals surface area contributed by atoms with Crippen molar-refractivity contribution in [3.63, 3.8) is 0 Å². The van der Waals surface area contributed by atoms with Gasteiger partial charge in [-0.15, -0.1) is 11.3 Å². The van der Waals surface area contributed by atoms with Crippen LogP contribution in [0.15, 0.2) is 22.3 Å². The van der Waals surface area contributed by atoms with E-state index < -0.39 is 0 Å². The first kappa shape index (κ1) is 15.8. The quantitative estimate of drug-likeness (QED) is 0.884. The molecule has 0 fully saturated rings. The molecule has 2 heterocycles. The van der Waals surface area contributed by atoms with Gasteiger partial charge in [0.25, 0.3) is 5.56 Å². The van der Waals surface area contributed by atoms with Gasteiger partial charge in [0.05, 0.1) is 11.3 Å². The Morgan fingerprint density at radius 1 is 1.38 bits per heavy atom. The summed E-state index contributed by atoms with van der Waals surface area (Å²) in [4.78, 5) is 17.1. The van der Waals surface area contributed by atoms with Crippen LogP contribution in [0, 0.1) is 12.8 Å². The van der Waals surface area contributed by atoms with Crippen molar-refractivity contribution in [3.05, 3.63) is 33.6 Å². The van der Waals surface area contributed by atoms with Crippen LogP contribution in [0.4, 0.5) is 5.13 Å². The molecule has 0 aromatic carbocycles. The number of hydrogen-bond donors (Lipinski definition) is 1. The highest BCUT2D eigenvalue weighted by atomic mass is 32.1. The number of nitrogens with zero attached hydrogens (tertiary/aromatic N) is 2. The summed E-state index contributed by atoms with van der Waals surface area (Å²) in [6.07, 6.45) is 0.947. The minimum Gasteiger partial charge on any atom is -0.361 e. The Labute approximate surface area is 129 Å². The summed E-state index contributed by atoms with van der Waals surface area (Å²) >= 11 is 1.55. The Balaban J connectivity index is 2.30. The lowest BCUT2D eigenvalue weighted by molar-refractivity contribution is 0.636. The lowest BCUT2D eigenvalue weighted by Gasteiger charge is -2.09. The van der Waals surface area contributed by atoms with Gasteiger partial charge in [-0.3, -0.25) is 4.79 Å². The van der Waals surface area contributed by atoms with Crippen LogP contribution in [-0.4, -0.2) is 16.1 Å². The largest absolute Gasteiger partial charge is 0.361 e. The van der Waals surface area contributed by atoms with Crippen molar-refractivity contribution in [2.75, 3.05) is 11.9 Å². The second kappa shape index (κ2) is 6.89. The molecule has 0 saturated carbocycles. The van der Waals surface area contributed by atoms with E-state index in [0.717, 1.165) is 36.0 Å². The van der Waals surface area contributed by atoms with Crippen molar-refractivity contribution in [3.8, 4) is 11.3 Å². The molecule has 0 bridgehead atoms. The minimum atomic E-state index is 0.0533. The van der Waals surface area contributed by atoms with Gasteiger partial charge in [-0.05, 0) is 31.4 Å². The van der Waals surface area contributed by atoms with Gasteiger partial charge in [-0.1, -0.05) is 20.8 Å². The summed E-state index contributed by atoms with van der Waals surface area (Å²) in [6, 6.07) is 3.87. The maximum absolute atomic E-state index is 12.6. The van der Waals surface area contributed by atoms with Crippen molar-refractivity contribution in [2.24, 2.45) is 5.92 Å². The number of aromatic nitrogens is 2. The third-order valence-electron chi connectivity index (χ3n) is 3.28. The molecule has 2 aromatic rings. The zero-order valence-electron chi connectivity index (χ0n) is 13.1. The van der Waals surface area contributed by atoms with E-state index in [9.17, 15) is 4.79 Å². The first-order valence-electron chi connectivity index (χ1n) is 7.43. The van der Waals surface area contributed by atoms with E-state index in [0.29, 0.717) is 11.5 Å². The highest BCUT2D eigenvalue weighted by Crippen LogP contribution is 2.23. The molecule has 0 unspecified atom stereocenters. The molecule has 0 radical (unpaired) electrons. The van der Waals surface area contributed by atoms with Crippen LogP contribution in [0.5, 0.6) is 0 Å². The fourth-order valence-electron chi connectivity index (χ4n) is 2.14. The first-order valence-corrected chi connectivity index (χ1v) is 8.31. The molecular weight excluding hydrogens is 282 g/mol. The van der Waals surface area contributed by atoms with Gasteiger partial charge in [-0.25, -0.2) is 4.98 Å². The molecule has 0 aliphatic carbocycles. The molecule has 0 aliphatic rings. The molecule has 0 saturated heterocycles. The summed E-state index contributed by atoms with van der Waals surface area (Å²) in [5.74, 6) is 0.568. The molecule has 1 N–H and O–H groups in total. The average molecular weight is 305 g/mol. The summed E-state index contributed by atoms with van der Waals surface area (Å²) in [5, 5.41) is 6.13. The maximum atomic E-state index is 12.6. The second-order valence-corrected chi connectivity index (χ2v) is 6.52. The highest BCUT2D eigenvalue weighted by Gasteiger charge is 2.11. The number of rotatable bonds is 6. The summed E-state index contributed by atoms with van der Waals surface area (Å²) in [5.41, 5.74) is 2.50. The van der Waals surface area contributed by atoms with Crippen molar-refractivity contribution in [1.82, 2.24) is 9.55 Å². The van der Waals surface area contributed by atoms with Crippen molar-refractivity contribution >= 4 is 16.5 Å². The number of anilines is 1. The monoisotopic (exact) mass is 305 g/mol. The van der Waals surface area contributed by atoms with Crippen LogP contribution in [0.2, 0.25) is 0 Å². The topological polar surface area (TPSA) is 46.9 Å². The summed E-state index contributed by atoms with van der Waals surface area (Å²) in [7, 11) is 0. The van der Waals surface area contributed by atoms with Crippen molar-refractivity contribution in [2.45, 2.75) is 40.7 Å². The maximum Gasteiger partial charge on any atom is 0.260 e. The van der Waals surface area contributed by atoms with Crippen molar-refractivity contribution < 1.29 is 0 Å². The molecule has 0 spiro atoms.